The van der Waals surface area contributed by atoms with E-state index in [1.54, 1.807) is 0 Å². The van der Waals surface area contributed by atoms with Crippen LogP contribution in [0, 0.1) is 10.8 Å². The highest BCUT2D eigenvalue weighted by Crippen LogP contribution is 2.44. The van der Waals surface area contributed by atoms with Crippen LogP contribution in [0.5, 0.6) is 0 Å². The van der Waals surface area contributed by atoms with Crippen LogP contribution < -0.4 is 0 Å². The lowest BCUT2D eigenvalue weighted by molar-refractivity contribution is 0.310. The Labute approximate surface area is 243 Å². The maximum atomic E-state index is 4.06. The van der Waals surface area contributed by atoms with Crippen molar-refractivity contribution in [1.29, 1.82) is 0 Å². The minimum atomic E-state index is -1.83. The van der Waals surface area contributed by atoms with Crippen LogP contribution in [0.15, 0.2) is 57.3 Å². The van der Waals surface area contributed by atoms with Crippen LogP contribution in [-0.2, 0) is 0 Å². The molecule has 2 saturated carbocycles. The quantitative estimate of drug-likeness (QED) is 0.244. The van der Waals surface area contributed by atoms with E-state index < -0.39 is 8.07 Å². The molecule has 0 atom stereocenters. The van der Waals surface area contributed by atoms with Gasteiger partial charge in [0, 0.05) is 0 Å². The van der Waals surface area contributed by atoms with Gasteiger partial charge in [0.1, 0.15) is 8.07 Å². The van der Waals surface area contributed by atoms with Crippen LogP contribution in [0.25, 0.3) is 0 Å². The Kier molecular flexibility index (Phi) is 11.5. The summed E-state index contributed by atoms with van der Waals surface area (Å²) in [5, 5.41) is 3.00. The lowest BCUT2D eigenvalue weighted by Crippen LogP contribution is -2.29. The van der Waals surface area contributed by atoms with Crippen molar-refractivity contribution in [2.45, 2.75) is 168 Å². The van der Waals surface area contributed by atoms with Crippen LogP contribution in [-0.4, -0.2) is 8.07 Å². The molecule has 4 aliphatic carbocycles. The van der Waals surface area contributed by atoms with E-state index in [0.29, 0.717) is 10.8 Å². The fourth-order valence-corrected chi connectivity index (χ4v) is 9.88. The normalized spacial score (nSPS) is 25.7. The minimum absolute atomic E-state index is 0.296. The molecule has 216 valence electrons. The van der Waals surface area contributed by atoms with Crippen molar-refractivity contribution in [3.05, 3.63) is 57.3 Å². The van der Waals surface area contributed by atoms with Gasteiger partial charge >= 0.3 is 0 Å². The van der Waals surface area contributed by atoms with Gasteiger partial charge in [-0.3, -0.25) is 0 Å². The van der Waals surface area contributed by atoms with Crippen molar-refractivity contribution in [3.8, 4) is 0 Å². The second-order valence-electron chi connectivity index (χ2n) is 14.7. The van der Waals surface area contributed by atoms with Crippen LogP contribution >= 0.6 is 0 Å². The smallest absolute Gasteiger partial charge is 0.117 e. The number of hydrogen-bond acceptors (Lipinski definition) is 0. The lowest BCUT2D eigenvalue weighted by Gasteiger charge is -2.30. The van der Waals surface area contributed by atoms with E-state index in [0.717, 1.165) is 0 Å². The van der Waals surface area contributed by atoms with Crippen LogP contribution in [0.4, 0.5) is 0 Å². The van der Waals surface area contributed by atoms with Gasteiger partial charge in [-0.25, -0.2) is 0 Å². The highest BCUT2D eigenvalue weighted by atomic mass is 28.3. The first-order chi connectivity index (χ1) is 18.8. The summed E-state index contributed by atoms with van der Waals surface area (Å²) in [4.78, 5) is 0. The fraction of sp³-hybridized carbons (Fsp3) is 0.737. The molecule has 2 fully saturated rings. The fourth-order valence-electron chi connectivity index (χ4n) is 7.69. The molecule has 0 amide bonds. The predicted octanol–water partition coefficient (Wildman–Crippen LogP) is 12.4. The molecule has 4 rings (SSSR count). The van der Waals surface area contributed by atoms with Crippen molar-refractivity contribution in [3.63, 3.8) is 0 Å². The van der Waals surface area contributed by atoms with Gasteiger partial charge in [0.05, 0.1) is 0 Å². The monoisotopic (exact) mass is 544 g/mol. The van der Waals surface area contributed by atoms with Gasteiger partial charge in [0.2, 0.25) is 0 Å². The van der Waals surface area contributed by atoms with E-state index in [1.807, 2.05) is 0 Å². The van der Waals surface area contributed by atoms with Gasteiger partial charge in [-0.05, 0) is 58.1 Å². The zero-order valence-corrected chi connectivity index (χ0v) is 27.4. The Morgan fingerprint density at radius 1 is 0.436 bits per heavy atom. The Hall–Kier alpha value is -1.26. The highest BCUT2D eigenvalue weighted by Gasteiger charge is 2.36. The second kappa shape index (κ2) is 14.6. The molecule has 0 bridgehead atoms. The average Bonchev–Trinajstić information content (AvgIpc) is 3.61. The van der Waals surface area contributed by atoms with E-state index in [2.05, 4.69) is 62.7 Å². The first-order valence-electron chi connectivity index (χ1n) is 17.2. The lowest BCUT2D eigenvalue weighted by atomic mass is 9.74. The SMILES string of the molecule is CC1(C2=C=C([Si](C)(C)C3=C=C(C4(C)CCCCCCCCCCC4)C=C3)C=C2)CCCCCCCCCCC1. The van der Waals surface area contributed by atoms with Gasteiger partial charge in [-0.1, -0.05) is 167 Å². The van der Waals surface area contributed by atoms with E-state index in [-0.39, 0.29) is 0 Å². The Balaban J connectivity index is 1.55. The third-order valence-electron chi connectivity index (χ3n) is 10.9. The molecule has 0 nitrogen and oxygen atoms in total. The summed E-state index contributed by atoms with van der Waals surface area (Å²) < 4.78 is 0. The summed E-state index contributed by atoms with van der Waals surface area (Å²) in [6, 6.07) is 0. The summed E-state index contributed by atoms with van der Waals surface area (Å²) >= 11 is 0. The molecule has 39 heavy (non-hydrogen) atoms. The molecule has 0 aliphatic heterocycles. The highest BCUT2D eigenvalue weighted by molar-refractivity contribution is 6.91. The molecule has 4 aliphatic rings. The molecule has 0 aromatic rings. The van der Waals surface area contributed by atoms with Crippen LogP contribution in [0.3, 0.4) is 0 Å². The topological polar surface area (TPSA) is 0 Å². The Bertz CT molecular complexity index is 897. The van der Waals surface area contributed by atoms with Gasteiger partial charge in [-0.2, -0.15) is 0 Å². The molecule has 0 radical (unpaired) electrons. The molecule has 0 N–H and O–H groups in total. The summed E-state index contributed by atoms with van der Waals surface area (Å²) in [5.41, 5.74) is 11.7. The first-order valence-corrected chi connectivity index (χ1v) is 20.2. The van der Waals surface area contributed by atoms with E-state index in [4.69, 9.17) is 0 Å². The first kappa shape index (κ1) is 30.7. The van der Waals surface area contributed by atoms with E-state index in [9.17, 15) is 0 Å². The van der Waals surface area contributed by atoms with Gasteiger partial charge in [0.25, 0.3) is 0 Å². The minimum Gasteiger partial charge on any atom is -0.117 e. The van der Waals surface area contributed by atoms with Crippen molar-refractivity contribution in [2.75, 3.05) is 0 Å². The van der Waals surface area contributed by atoms with Crippen molar-refractivity contribution in [1.82, 2.24) is 0 Å². The maximum Gasteiger partial charge on any atom is 0.131 e. The largest absolute Gasteiger partial charge is 0.131 e. The molecular formula is C38H60Si. The molecule has 0 aromatic carbocycles. The van der Waals surface area contributed by atoms with Gasteiger partial charge in [-0.15, -0.1) is 11.5 Å². The number of hydrogen-bond donors (Lipinski definition) is 0. The standard InChI is InChI=1S/C38H60Si/c1-37(27-19-15-11-7-5-8-12-16-20-28-37)33-23-25-35(31-33)39(3,4)36-26-24-34(32-36)38(2)29-21-17-13-9-6-10-14-18-22-30-38/h23-26H,5-22,27-30H2,1-4H3. The molecule has 0 heterocycles. The summed E-state index contributed by atoms with van der Waals surface area (Å²) in [6.45, 7) is 10.2. The second-order valence-corrected chi connectivity index (χ2v) is 19.0. The van der Waals surface area contributed by atoms with Gasteiger partial charge < -0.3 is 0 Å². The van der Waals surface area contributed by atoms with E-state index in [1.165, 1.54) is 163 Å². The zero-order chi connectivity index (χ0) is 27.6. The molecule has 1 heteroatoms. The number of allylic oxidation sites excluding steroid dienone is 6. The van der Waals surface area contributed by atoms with E-state index >= 15 is 0 Å². The van der Waals surface area contributed by atoms with Crippen molar-refractivity contribution in [2.24, 2.45) is 10.8 Å². The third-order valence-corrected chi connectivity index (χ3v) is 14.2. The van der Waals surface area contributed by atoms with Crippen LogP contribution in [0.2, 0.25) is 13.1 Å². The van der Waals surface area contributed by atoms with Crippen LogP contribution in [0.1, 0.15) is 155 Å². The van der Waals surface area contributed by atoms with Crippen molar-refractivity contribution < 1.29 is 0 Å². The molecular weight excluding hydrogens is 485 g/mol. The molecule has 0 saturated heterocycles. The maximum absolute atomic E-state index is 4.06. The summed E-state index contributed by atoms with van der Waals surface area (Å²) in [5.74, 6) is 0. The summed E-state index contributed by atoms with van der Waals surface area (Å²) in [6.07, 6.45) is 40.8. The van der Waals surface area contributed by atoms with Gasteiger partial charge in [0.15, 0.2) is 0 Å². The summed E-state index contributed by atoms with van der Waals surface area (Å²) in [7, 11) is -1.83. The third kappa shape index (κ3) is 8.38. The number of rotatable bonds is 4. The Morgan fingerprint density at radius 3 is 0.974 bits per heavy atom. The Morgan fingerprint density at radius 2 is 0.692 bits per heavy atom. The molecule has 0 aromatic heterocycles. The average molecular weight is 545 g/mol. The molecule has 0 spiro atoms. The van der Waals surface area contributed by atoms with Crippen molar-refractivity contribution >= 4 is 8.07 Å². The zero-order valence-electron chi connectivity index (χ0n) is 26.4. The predicted molar refractivity (Wildman–Crippen MR) is 175 cm³/mol. The molecule has 0 unspecified atom stereocenters.